The monoisotopic (exact) mass is 250 g/mol. The van der Waals surface area contributed by atoms with Crippen molar-refractivity contribution in [1.82, 2.24) is 10.6 Å². The molecule has 0 unspecified atom stereocenters. The van der Waals surface area contributed by atoms with Gasteiger partial charge in [-0.25, -0.2) is 8.42 Å². The van der Waals surface area contributed by atoms with Crippen molar-refractivity contribution >= 4 is 15.7 Å². The minimum Gasteiger partial charge on any atom is -0.355 e. The van der Waals surface area contributed by atoms with Gasteiger partial charge in [0.05, 0.1) is 12.3 Å². The minimum absolute atomic E-state index is 0.0618. The third kappa shape index (κ3) is 11.5. The van der Waals surface area contributed by atoms with Crippen LogP contribution in [0.1, 0.15) is 20.3 Å². The summed E-state index contributed by atoms with van der Waals surface area (Å²) in [4.78, 5) is 11.2. The van der Waals surface area contributed by atoms with Crippen molar-refractivity contribution in [3.63, 3.8) is 0 Å². The SMILES string of the molecule is CC(C)CCNC(=O)CNCCS(C)(=O)=O. The average molecular weight is 250 g/mol. The Bertz CT molecular complexity index is 299. The van der Waals surface area contributed by atoms with Crippen LogP contribution in [-0.2, 0) is 14.6 Å². The fourth-order valence-corrected chi connectivity index (χ4v) is 1.54. The van der Waals surface area contributed by atoms with Crippen LogP contribution in [0, 0.1) is 5.92 Å². The zero-order chi connectivity index (χ0) is 12.6. The summed E-state index contributed by atoms with van der Waals surface area (Å²) in [7, 11) is -2.94. The van der Waals surface area contributed by atoms with Crippen LogP contribution in [0.2, 0.25) is 0 Å². The number of hydrogen-bond donors (Lipinski definition) is 2. The van der Waals surface area contributed by atoms with Crippen LogP contribution in [0.3, 0.4) is 0 Å². The third-order valence-electron chi connectivity index (χ3n) is 1.98. The smallest absolute Gasteiger partial charge is 0.233 e. The summed E-state index contributed by atoms with van der Waals surface area (Å²) in [6.45, 7) is 5.35. The summed E-state index contributed by atoms with van der Waals surface area (Å²) < 4.78 is 21.6. The maximum Gasteiger partial charge on any atom is 0.233 e. The highest BCUT2D eigenvalue weighted by atomic mass is 32.2. The fourth-order valence-electron chi connectivity index (χ4n) is 1.02. The molecule has 0 atom stereocenters. The maximum atomic E-state index is 11.2. The zero-order valence-electron chi connectivity index (χ0n) is 10.2. The molecule has 1 amide bonds. The van der Waals surface area contributed by atoms with Crippen LogP contribution < -0.4 is 10.6 Å². The lowest BCUT2D eigenvalue weighted by Crippen LogP contribution is -2.36. The minimum atomic E-state index is -2.94. The second-order valence-corrected chi connectivity index (χ2v) is 6.60. The molecule has 2 N–H and O–H groups in total. The normalized spacial score (nSPS) is 11.8. The van der Waals surface area contributed by atoms with E-state index in [9.17, 15) is 13.2 Å². The molecule has 16 heavy (non-hydrogen) atoms. The number of carbonyl (C=O) groups excluding carboxylic acids is 1. The van der Waals surface area contributed by atoms with Gasteiger partial charge < -0.3 is 10.6 Å². The van der Waals surface area contributed by atoms with Crippen LogP contribution in [0.4, 0.5) is 0 Å². The van der Waals surface area contributed by atoms with Crippen LogP contribution in [0.5, 0.6) is 0 Å². The van der Waals surface area contributed by atoms with Gasteiger partial charge in [-0.1, -0.05) is 13.8 Å². The second-order valence-electron chi connectivity index (χ2n) is 4.34. The van der Waals surface area contributed by atoms with Crippen molar-refractivity contribution in [2.24, 2.45) is 5.92 Å². The number of amides is 1. The van der Waals surface area contributed by atoms with Gasteiger partial charge in [0.1, 0.15) is 9.84 Å². The first-order chi connectivity index (χ1) is 7.31. The lowest BCUT2D eigenvalue weighted by Gasteiger charge is -2.07. The quantitative estimate of drug-likeness (QED) is 0.584. The number of rotatable bonds is 8. The van der Waals surface area contributed by atoms with Gasteiger partial charge in [-0.15, -0.1) is 0 Å². The summed E-state index contributed by atoms with van der Waals surface area (Å²) >= 11 is 0. The molecule has 5 nitrogen and oxygen atoms in total. The molecule has 0 aromatic heterocycles. The van der Waals surface area contributed by atoms with Gasteiger partial charge in [0, 0.05) is 19.3 Å². The van der Waals surface area contributed by atoms with Crippen LogP contribution in [0.15, 0.2) is 0 Å². The molecule has 0 heterocycles. The van der Waals surface area contributed by atoms with Gasteiger partial charge in [-0.3, -0.25) is 4.79 Å². The summed E-state index contributed by atoms with van der Waals surface area (Å²) in [6, 6.07) is 0. The summed E-state index contributed by atoms with van der Waals surface area (Å²) in [5.41, 5.74) is 0. The molecule has 0 saturated heterocycles. The molecule has 6 heteroatoms. The van der Waals surface area contributed by atoms with Gasteiger partial charge in [-0.2, -0.15) is 0 Å². The maximum absolute atomic E-state index is 11.2. The van der Waals surface area contributed by atoms with Crippen LogP contribution in [0.25, 0.3) is 0 Å². The lowest BCUT2D eigenvalue weighted by molar-refractivity contribution is -0.120. The van der Waals surface area contributed by atoms with Crippen molar-refractivity contribution in [1.29, 1.82) is 0 Å². The highest BCUT2D eigenvalue weighted by Crippen LogP contribution is 1.95. The molecule has 0 radical (unpaired) electrons. The molecule has 96 valence electrons. The fraction of sp³-hybridized carbons (Fsp3) is 0.900. The second kappa shape index (κ2) is 7.62. The summed E-state index contributed by atoms with van der Waals surface area (Å²) in [6.07, 6.45) is 2.13. The Hall–Kier alpha value is -0.620. The molecule has 0 bridgehead atoms. The van der Waals surface area contributed by atoms with E-state index < -0.39 is 9.84 Å². The molecular weight excluding hydrogens is 228 g/mol. The molecule has 0 saturated carbocycles. The lowest BCUT2D eigenvalue weighted by atomic mass is 10.1. The highest BCUT2D eigenvalue weighted by Gasteiger charge is 2.03. The number of sulfone groups is 1. The predicted molar refractivity (Wildman–Crippen MR) is 65.0 cm³/mol. The number of carbonyl (C=O) groups is 1. The van der Waals surface area contributed by atoms with E-state index in [0.29, 0.717) is 19.0 Å². The van der Waals surface area contributed by atoms with E-state index in [1.54, 1.807) is 0 Å². The predicted octanol–water partition coefficient (Wildman–Crippen LogP) is -0.217. The van der Waals surface area contributed by atoms with Gasteiger partial charge >= 0.3 is 0 Å². The number of hydrogen-bond acceptors (Lipinski definition) is 4. The van der Waals surface area contributed by atoms with E-state index in [-0.39, 0.29) is 18.2 Å². The molecule has 0 aliphatic rings. The van der Waals surface area contributed by atoms with E-state index >= 15 is 0 Å². The highest BCUT2D eigenvalue weighted by molar-refractivity contribution is 7.90. The van der Waals surface area contributed by atoms with Crippen molar-refractivity contribution in [2.45, 2.75) is 20.3 Å². The Labute approximate surface area is 97.9 Å². The first-order valence-corrected chi connectivity index (χ1v) is 7.52. The molecule has 0 rings (SSSR count). The van der Waals surface area contributed by atoms with E-state index in [0.717, 1.165) is 6.42 Å². The van der Waals surface area contributed by atoms with Crippen LogP contribution in [-0.4, -0.2) is 46.0 Å². The molecule has 0 aliphatic carbocycles. The molecule has 0 fully saturated rings. The van der Waals surface area contributed by atoms with Crippen LogP contribution >= 0.6 is 0 Å². The summed E-state index contributed by atoms with van der Waals surface area (Å²) in [5.74, 6) is 0.541. The van der Waals surface area contributed by atoms with Crippen molar-refractivity contribution in [2.75, 3.05) is 31.6 Å². The van der Waals surface area contributed by atoms with Crippen molar-refractivity contribution in [3.05, 3.63) is 0 Å². The molecule has 0 spiro atoms. The Kier molecular flexibility index (Phi) is 7.33. The zero-order valence-corrected chi connectivity index (χ0v) is 11.1. The third-order valence-corrected chi connectivity index (χ3v) is 2.92. The van der Waals surface area contributed by atoms with Gasteiger partial charge in [0.2, 0.25) is 5.91 Å². The van der Waals surface area contributed by atoms with Crippen molar-refractivity contribution < 1.29 is 13.2 Å². The first-order valence-electron chi connectivity index (χ1n) is 5.46. The molecular formula is C10H22N2O3S. The van der Waals surface area contributed by atoms with Crippen molar-refractivity contribution in [3.8, 4) is 0 Å². The Morgan fingerprint density at radius 1 is 1.25 bits per heavy atom. The molecule has 0 aliphatic heterocycles. The topological polar surface area (TPSA) is 75.3 Å². The molecule has 0 aromatic carbocycles. The Balaban J connectivity index is 3.45. The molecule has 0 aromatic rings. The van der Waals surface area contributed by atoms with E-state index in [1.165, 1.54) is 6.26 Å². The van der Waals surface area contributed by atoms with E-state index in [4.69, 9.17) is 0 Å². The summed E-state index contributed by atoms with van der Waals surface area (Å²) in [5, 5.41) is 5.55. The average Bonchev–Trinajstić information content (AvgIpc) is 2.10. The number of nitrogens with one attached hydrogen (secondary N) is 2. The van der Waals surface area contributed by atoms with Gasteiger partial charge in [-0.05, 0) is 12.3 Å². The van der Waals surface area contributed by atoms with Gasteiger partial charge in [0.15, 0.2) is 0 Å². The van der Waals surface area contributed by atoms with E-state index in [1.807, 2.05) is 0 Å². The van der Waals surface area contributed by atoms with E-state index in [2.05, 4.69) is 24.5 Å². The Morgan fingerprint density at radius 2 is 1.88 bits per heavy atom. The Morgan fingerprint density at radius 3 is 2.38 bits per heavy atom. The largest absolute Gasteiger partial charge is 0.355 e. The standard InChI is InChI=1S/C10H22N2O3S/c1-9(2)4-5-12-10(13)8-11-6-7-16(3,14)15/h9,11H,4-8H2,1-3H3,(H,12,13). The first kappa shape index (κ1) is 15.4. The van der Waals surface area contributed by atoms with Gasteiger partial charge in [0.25, 0.3) is 0 Å².